The Morgan fingerprint density at radius 1 is 0.960 bits per heavy atom. The van der Waals surface area contributed by atoms with Crippen LogP contribution in [0.5, 0.6) is 0 Å². The van der Waals surface area contributed by atoms with Crippen LogP contribution in [0.2, 0.25) is 0 Å². The van der Waals surface area contributed by atoms with Crippen LogP contribution in [0.1, 0.15) is 23.6 Å². The first kappa shape index (κ1) is 19.4. The van der Waals surface area contributed by atoms with E-state index in [0.717, 1.165) is 35.4 Å². The summed E-state index contributed by atoms with van der Waals surface area (Å²) in [6.45, 7) is 3.02. The lowest BCUT2D eigenvalue weighted by Gasteiger charge is -2.10. The molecule has 2 rings (SSSR count). The Morgan fingerprint density at radius 3 is 2.04 bits per heavy atom. The van der Waals surface area contributed by atoms with Crippen LogP contribution in [0.15, 0.2) is 53.4 Å². The van der Waals surface area contributed by atoms with Crippen molar-refractivity contribution in [3.05, 3.63) is 65.2 Å². The predicted octanol–water partition coefficient (Wildman–Crippen LogP) is 3.72. The lowest BCUT2D eigenvalue weighted by molar-refractivity contribution is -0.137. The van der Waals surface area contributed by atoms with Gasteiger partial charge in [0.1, 0.15) is 0 Å². The molecular weight excluding hydrogens is 355 g/mol. The summed E-state index contributed by atoms with van der Waals surface area (Å²) in [5.41, 5.74) is 0.809. The predicted molar refractivity (Wildman–Crippen MR) is 87.2 cm³/mol. The van der Waals surface area contributed by atoms with Gasteiger partial charge < -0.3 is 4.74 Å². The molecule has 2 aromatic carbocycles. The number of sulfonamides is 1. The first-order valence-electron chi connectivity index (χ1n) is 7.55. The molecule has 0 saturated heterocycles. The molecule has 1 N–H and O–H groups in total. The van der Waals surface area contributed by atoms with E-state index in [9.17, 15) is 21.6 Å². The number of ether oxygens (including phenoxy) is 1. The van der Waals surface area contributed by atoms with Crippen molar-refractivity contribution in [3.8, 4) is 0 Å². The lowest BCUT2D eigenvalue weighted by Crippen LogP contribution is -2.23. The van der Waals surface area contributed by atoms with Gasteiger partial charge in [-0.2, -0.15) is 13.2 Å². The number of alkyl halides is 3. The summed E-state index contributed by atoms with van der Waals surface area (Å²) in [6, 6.07) is 10.6. The highest BCUT2D eigenvalue weighted by molar-refractivity contribution is 7.89. The Morgan fingerprint density at radius 2 is 1.52 bits per heavy atom. The number of nitrogens with one attached hydrogen (secondary N) is 1. The first-order chi connectivity index (χ1) is 11.7. The molecule has 2 aromatic rings. The second-order valence-corrected chi connectivity index (χ2v) is 7.07. The molecule has 8 heteroatoms. The first-order valence-corrected chi connectivity index (χ1v) is 9.03. The maximum atomic E-state index is 12.5. The van der Waals surface area contributed by atoms with Crippen LogP contribution < -0.4 is 4.72 Å². The van der Waals surface area contributed by atoms with Crippen LogP contribution in [-0.2, 0) is 34.1 Å². The summed E-state index contributed by atoms with van der Waals surface area (Å²) in [6.07, 6.45) is -4.50. The Kier molecular flexibility index (Phi) is 6.21. The third-order valence-electron chi connectivity index (χ3n) is 3.45. The molecule has 0 fully saturated rings. The van der Waals surface area contributed by atoms with Gasteiger partial charge in [-0.1, -0.05) is 24.3 Å². The van der Waals surface area contributed by atoms with Crippen LogP contribution in [0.25, 0.3) is 0 Å². The summed E-state index contributed by atoms with van der Waals surface area (Å²) >= 11 is 0. The summed E-state index contributed by atoms with van der Waals surface area (Å²) in [4.78, 5) is -0.214. The van der Waals surface area contributed by atoms with Crippen molar-refractivity contribution in [3.63, 3.8) is 0 Å². The second-order valence-electron chi connectivity index (χ2n) is 5.30. The molecule has 0 aliphatic rings. The van der Waals surface area contributed by atoms with E-state index < -0.39 is 21.8 Å². The molecule has 4 nitrogen and oxygen atoms in total. The fourth-order valence-electron chi connectivity index (χ4n) is 2.06. The van der Waals surface area contributed by atoms with Crippen LogP contribution in [-0.4, -0.2) is 15.0 Å². The third kappa shape index (κ3) is 5.55. The van der Waals surface area contributed by atoms with Crippen molar-refractivity contribution in [2.24, 2.45) is 0 Å². The number of rotatable bonds is 7. The average Bonchev–Trinajstić information content (AvgIpc) is 2.58. The minimum atomic E-state index is -4.50. The van der Waals surface area contributed by atoms with Gasteiger partial charge in [0, 0.05) is 13.2 Å². The van der Waals surface area contributed by atoms with Gasteiger partial charge in [0.15, 0.2) is 0 Å². The Balaban J connectivity index is 2.01. The molecule has 0 bridgehead atoms. The summed E-state index contributed by atoms with van der Waals surface area (Å²) in [5, 5.41) is 0. The van der Waals surface area contributed by atoms with Crippen molar-refractivity contribution in [2.75, 3.05) is 6.61 Å². The zero-order valence-corrected chi connectivity index (χ0v) is 14.3. The van der Waals surface area contributed by atoms with Gasteiger partial charge in [-0.3, -0.25) is 0 Å². The van der Waals surface area contributed by atoms with Gasteiger partial charge in [-0.05, 0) is 42.3 Å². The summed E-state index contributed by atoms with van der Waals surface area (Å²) in [5.74, 6) is 0. The standard InChI is InChI=1S/C17H18F3NO3S/c1-2-24-12-14-5-3-13(4-6-14)11-21-25(22,23)16-9-7-15(8-10-16)17(18,19)20/h3-10,21H,2,11-12H2,1H3. The van der Waals surface area contributed by atoms with Crippen molar-refractivity contribution < 1.29 is 26.3 Å². The minimum Gasteiger partial charge on any atom is -0.377 e. The molecule has 0 unspecified atom stereocenters. The fourth-order valence-corrected chi connectivity index (χ4v) is 3.08. The second kappa shape index (κ2) is 7.99. The third-order valence-corrected chi connectivity index (χ3v) is 4.87. The maximum absolute atomic E-state index is 12.5. The largest absolute Gasteiger partial charge is 0.416 e. The van der Waals surface area contributed by atoms with E-state index in [2.05, 4.69) is 4.72 Å². The van der Waals surface area contributed by atoms with Crippen LogP contribution in [0, 0.1) is 0 Å². The average molecular weight is 373 g/mol. The van der Waals surface area contributed by atoms with Crippen molar-refractivity contribution in [2.45, 2.75) is 31.1 Å². The monoisotopic (exact) mass is 373 g/mol. The van der Waals surface area contributed by atoms with Crippen LogP contribution in [0.3, 0.4) is 0 Å². The molecule has 0 aliphatic carbocycles. The zero-order valence-electron chi connectivity index (χ0n) is 13.5. The number of hydrogen-bond donors (Lipinski definition) is 1. The van der Waals surface area contributed by atoms with Gasteiger partial charge >= 0.3 is 6.18 Å². The highest BCUT2D eigenvalue weighted by Crippen LogP contribution is 2.29. The zero-order chi connectivity index (χ0) is 18.5. The molecule has 0 aromatic heterocycles. The van der Waals surface area contributed by atoms with E-state index in [1.165, 1.54) is 0 Å². The van der Waals surface area contributed by atoms with Gasteiger partial charge in [0.05, 0.1) is 17.1 Å². The summed E-state index contributed by atoms with van der Waals surface area (Å²) < 4.78 is 69.5. The number of benzene rings is 2. The topological polar surface area (TPSA) is 55.4 Å². The van der Waals surface area contributed by atoms with E-state index >= 15 is 0 Å². The van der Waals surface area contributed by atoms with Crippen LogP contribution >= 0.6 is 0 Å². The Labute approximate surface area is 144 Å². The molecule has 0 saturated carbocycles. The normalized spacial score (nSPS) is 12.3. The molecule has 0 spiro atoms. The van der Waals surface area contributed by atoms with E-state index in [4.69, 9.17) is 4.74 Å². The molecule has 0 atom stereocenters. The Bertz CT molecular complexity index is 785. The quantitative estimate of drug-likeness (QED) is 0.805. The van der Waals surface area contributed by atoms with Crippen molar-refractivity contribution in [1.82, 2.24) is 4.72 Å². The van der Waals surface area contributed by atoms with Gasteiger partial charge in [0.25, 0.3) is 0 Å². The molecule has 0 aliphatic heterocycles. The highest BCUT2D eigenvalue weighted by Gasteiger charge is 2.30. The number of halogens is 3. The van der Waals surface area contributed by atoms with Crippen molar-refractivity contribution in [1.29, 1.82) is 0 Å². The van der Waals surface area contributed by atoms with Gasteiger partial charge in [-0.15, -0.1) is 0 Å². The van der Waals surface area contributed by atoms with E-state index in [1.54, 1.807) is 12.1 Å². The molecule has 0 heterocycles. The number of hydrogen-bond acceptors (Lipinski definition) is 3. The van der Waals surface area contributed by atoms with Gasteiger partial charge in [-0.25, -0.2) is 13.1 Å². The molecule has 0 radical (unpaired) electrons. The minimum absolute atomic E-state index is 0.0400. The smallest absolute Gasteiger partial charge is 0.377 e. The van der Waals surface area contributed by atoms with E-state index in [0.29, 0.717) is 13.2 Å². The molecular formula is C17H18F3NO3S. The van der Waals surface area contributed by atoms with Gasteiger partial charge in [0.2, 0.25) is 10.0 Å². The molecule has 25 heavy (non-hydrogen) atoms. The molecule has 0 amide bonds. The van der Waals surface area contributed by atoms with Crippen molar-refractivity contribution >= 4 is 10.0 Å². The lowest BCUT2D eigenvalue weighted by atomic mass is 10.1. The summed E-state index contributed by atoms with van der Waals surface area (Å²) in [7, 11) is -3.89. The molecule has 136 valence electrons. The SMILES string of the molecule is CCOCc1ccc(CNS(=O)(=O)c2ccc(C(F)(F)F)cc2)cc1. The van der Waals surface area contributed by atoms with E-state index in [1.807, 2.05) is 19.1 Å². The Hall–Kier alpha value is -1.90. The maximum Gasteiger partial charge on any atom is 0.416 e. The van der Waals surface area contributed by atoms with Crippen LogP contribution in [0.4, 0.5) is 13.2 Å². The van der Waals surface area contributed by atoms with E-state index in [-0.39, 0.29) is 11.4 Å². The highest BCUT2D eigenvalue weighted by atomic mass is 32.2. The fraction of sp³-hybridized carbons (Fsp3) is 0.294.